The van der Waals surface area contributed by atoms with Crippen LogP contribution in [0.25, 0.3) is 0 Å². The van der Waals surface area contributed by atoms with Crippen LogP contribution in [0.15, 0.2) is 0 Å². The fourth-order valence-electron chi connectivity index (χ4n) is 2.41. The molecule has 2 aliphatic heterocycles. The first-order chi connectivity index (χ1) is 9.27. The number of carbonyl (C=O) groups is 1. The number of hydrogen-bond donors (Lipinski definition) is 1. The minimum atomic E-state index is -0.112. The maximum atomic E-state index is 12.2. The van der Waals surface area contributed by atoms with Gasteiger partial charge in [0.05, 0.1) is 32.5 Å². The van der Waals surface area contributed by atoms with Crippen molar-refractivity contribution in [2.75, 3.05) is 65.7 Å². The molecule has 0 aliphatic carbocycles. The fourth-order valence-corrected chi connectivity index (χ4v) is 2.41. The molecule has 110 valence electrons. The van der Waals surface area contributed by atoms with E-state index in [-0.39, 0.29) is 11.9 Å². The van der Waals surface area contributed by atoms with Crippen molar-refractivity contribution in [3.05, 3.63) is 0 Å². The second-order valence-electron chi connectivity index (χ2n) is 5.07. The third-order valence-electron chi connectivity index (χ3n) is 3.68. The minimum Gasteiger partial charge on any atom is -0.379 e. The van der Waals surface area contributed by atoms with Crippen molar-refractivity contribution < 1.29 is 14.3 Å². The number of rotatable bonds is 5. The van der Waals surface area contributed by atoms with E-state index in [9.17, 15) is 4.79 Å². The molecular weight excluding hydrogens is 246 g/mol. The summed E-state index contributed by atoms with van der Waals surface area (Å²) in [5, 5.41) is 3.31. The van der Waals surface area contributed by atoms with E-state index in [4.69, 9.17) is 9.47 Å². The molecule has 6 heteroatoms. The van der Waals surface area contributed by atoms with E-state index >= 15 is 0 Å². The normalized spacial score (nSPS) is 23.3. The van der Waals surface area contributed by atoms with Crippen molar-refractivity contribution in [3.63, 3.8) is 0 Å². The topological polar surface area (TPSA) is 54.0 Å². The summed E-state index contributed by atoms with van der Waals surface area (Å²) in [4.78, 5) is 16.4. The van der Waals surface area contributed by atoms with Gasteiger partial charge in [-0.25, -0.2) is 0 Å². The second-order valence-corrected chi connectivity index (χ2v) is 5.07. The summed E-state index contributed by atoms with van der Waals surface area (Å²) in [7, 11) is 0. The Morgan fingerprint density at radius 2 is 1.68 bits per heavy atom. The predicted octanol–water partition coefficient (Wildman–Crippen LogP) is -0.844. The molecule has 1 atom stereocenters. The summed E-state index contributed by atoms with van der Waals surface area (Å²) in [5.74, 6) is 0.185. The van der Waals surface area contributed by atoms with Gasteiger partial charge in [0, 0.05) is 39.3 Å². The lowest BCUT2D eigenvalue weighted by Gasteiger charge is -2.30. The van der Waals surface area contributed by atoms with E-state index in [1.165, 1.54) is 0 Å². The Bertz CT molecular complexity index is 276. The molecule has 0 spiro atoms. The van der Waals surface area contributed by atoms with Gasteiger partial charge >= 0.3 is 0 Å². The van der Waals surface area contributed by atoms with Crippen LogP contribution in [0.5, 0.6) is 0 Å². The van der Waals surface area contributed by atoms with E-state index in [2.05, 4.69) is 10.2 Å². The molecule has 0 aromatic rings. The lowest BCUT2D eigenvalue weighted by molar-refractivity contribution is -0.137. The van der Waals surface area contributed by atoms with Crippen molar-refractivity contribution in [3.8, 4) is 0 Å². The summed E-state index contributed by atoms with van der Waals surface area (Å²) in [6, 6.07) is -0.112. The first-order valence-electron chi connectivity index (χ1n) is 7.17. The van der Waals surface area contributed by atoms with Crippen molar-refractivity contribution in [1.29, 1.82) is 0 Å². The zero-order valence-electron chi connectivity index (χ0n) is 11.8. The highest BCUT2D eigenvalue weighted by atomic mass is 16.5. The molecule has 6 nitrogen and oxygen atoms in total. The SMILES string of the molecule is CC(NCCN1CCOCC1)C(=O)N1CCOCC1. The Hall–Kier alpha value is -0.690. The molecule has 2 heterocycles. The fraction of sp³-hybridized carbons (Fsp3) is 0.923. The standard InChI is InChI=1S/C13H25N3O3/c1-12(13(17)16-6-10-19-11-7-16)14-2-3-15-4-8-18-9-5-15/h12,14H,2-11H2,1H3. The Morgan fingerprint density at radius 1 is 1.11 bits per heavy atom. The number of nitrogens with zero attached hydrogens (tertiary/aromatic N) is 2. The molecule has 2 rings (SSSR count). The van der Waals surface area contributed by atoms with Gasteiger partial charge in [-0.1, -0.05) is 0 Å². The van der Waals surface area contributed by atoms with Gasteiger partial charge in [0.1, 0.15) is 0 Å². The highest BCUT2D eigenvalue weighted by molar-refractivity contribution is 5.81. The van der Waals surface area contributed by atoms with Gasteiger partial charge in [-0.05, 0) is 6.92 Å². The number of nitrogens with one attached hydrogen (secondary N) is 1. The van der Waals surface area contributed by atoms with E-state index < -0.39 is 0 Å². The molecule has 2 aliphatic rings. The van der Waals surface area contributed by atoms with Crippen molar-refractivity contribution in [2.45, 2.75) is 13.0 Å². The molecule has 0 aromatic heterocycles. The molecule has 0 aromatic carbocycles. The van der Waals surface area contributed by atoms with Gasteiger partial charge in [-0.3, -0.25) is 9.69 Å². The molecule has 1 unspecified atom stereocenters. The summed E-state index contributed by atoms with van der Waals surface area (Å²) < 4.78 is 10.6. The van der Waals surface area contributed by atoms with Crippen LogP contribution in [0.1, 0.15) is 6.92 Å². The Labute approximate surface area is 115 Å². The Balaban J connectivity index is 1.62. The molecular formula is C13H25N3O3. The van der Waals surface area contributed by atoms with Gasteiger partial charge in [-0.15, -0.1) is 0 Å². The molecule has 1 amide bonds. The van der Waals surface area contributed by atoms with Crippen molar-refractivity contribution >= 4 is 5.91 Å². The molecule has 0 radical (unpaired) electrons. The first kappa shape index (κ1) is 14.7. The largest absolute Gasteiger partial charge is 0.379 e. The summed E-state index contributed by atoms with van der Waals surface area (Å²) in [5.41, 5.74) is 0. The van der Waals surface area contributed by atoms with Crippen LogP contribution in [0.4, 0.5) is 0 Å². The zero-order chi connectivity index (χ0) is 13.5. The van der Waals surface area contributed by atoms with Crippen LogP contribution in [0.3, 0.4) is 0 Å². The van der Waals surface area contributed by atoms with Crippen molar-refractivity contribution in [2.24, 2.45) is 0 Å². The summed E-state index contributed by atoms with van der Waals surface area (Å²) in [6.07, 6.45) is 0. The third kappa shape index (κ3) is 4.72. The maximum absolute atomic E-state index is 12.2. The van der Waals surface area contributed by atoms with E-state index in [1.54, 1.807) is 0 Å². The minimum absolute atomic E-state index is 0.112. The zero-order valence-corrected chi connectivity index (χ0v) is 11.8. The lowest BCUT2D eigenvalue weighted by atomic mass is 10.2. The van der Waals surface area contributed by atoms with Gasteiger partial charge in [-0.2, -0.15) is 0 Å². The quantitative estimate of drug-likeness (QED) is 0.706. The molecule has 0 saturated carbocycles. The highest BCUT2D eigenvalue weighted by Crippen LogP contribution is 2.01. The van der Waals surface area contributed by atoms with Crippen LogP contribution in [0, 0.1) is 0 Å². The monoisotopic (exact) mass is 271 g/mol. The van der Waals surface area contributed by atoms with Crippen LogP contribution in [-0.2, 0) is 14.3 Å². The summed E-state index contributed by atoms with van der Waals surface area (Å²) >= 11 is 0. The predicted molar refractivity (Wildman–Crippen MR) is 72.1 cm³/mol. The molecule has 1 N–H and O–H groups in total. The molecule has 0 bridgehead atoms. The van der Waals surface area contributed by atoms with E-state index in [0.29, 0.717) is 26.3 Å². The van der Waals surface area contributed by atoms with Gasteiger partial charge in [0.25, 0.3) is 0 Å². The molecule has 2 saturated heterocycles. The van der Waals surface area contributed by atoms with Crippen molar-refractivity contribution in [1.82, 2.24) is 15.1 Å². The molecule has 19 heavy (non-hydrogen) atoms. The van der Waals surface area contributed by atoms with Gasteiger partial charge < -0.3 is 19.7 Å². The lowest BCUT2D eigenvalue weighted by Crippen LogP contribution is -2.50. The second kappa shape index (κ2) is 7.79. The van der Waals surface area contributed by atoms with Gasteiger partial charge in [0.2, 0.25) is 5.91 Å². The smallest absolute Gasteiger partial charge is 0.239 e. The number of carbonyl (C=O) groups excluding carboxylic acids is 1. The van der Waals surface area contributed by atoms with Gasteiger partial charge in [0.15, 0.2) is 0 Å². The van der Waals surface area contributed by atoms with Crippen LogP contribution >= 0.6 is 0 Å². The third-order valence-corrected chi connectivity index (χ3v) is 3.68. The van der Waals surface area contributed by atoms with Crippen LogP contribution in [0.2, 0.25) is 0 Å². The number of morpholine rings is 2. The Morgan fingerprint density at radius 3 is 2.32 bits per heavy atom. The average Bonchev–Trinajstić information content (AvgIpc) is 2.48. The van der Waals surface area contributed by atoms with E-state index in [0.717, 1.165) is 39.4 Å². The van der Waals surface area contributed by atoms with Crippen LogP contribution in [-0.4, -0.2) is 87.4 Å². The summed E-state index contributed by atoms with van der Waals surface area (Å²) in [6.45, 7) is 10.1. The number of ether oxygens (including phenoxy) is 2. The van der Waals surface area contributed by atoms with E-state index in [1.807, 2.05) is 11.8 Å². The Kier molecular flexibility index (Phi) is 6.03. The maximum Gasteiger partial charge on any atom is 0.239 e. The number of amides is 1. The van der Waals surface area contributed by atoms with Crippen LogP contribution < -0.4 is 5.32 Å². The number of hydrogen-bond acceptors (Lipinski definition) is 5. The molecule has 2 fully saturated rings. The average molecular weight is 271 g/mol. The highest BCUT2D eigenvalue weighted by Gasteiger charge is 2.22. The first-order valence-corrected chi connectivity index (χ1v) is 7.17.